The van der Waals surface area contributed by atoms with Crippen molar-refractivity contribution >= 4 is 0 Å². The molecule has 0 aliphatic heterocycles. The van der Waals surface area contributed by atoms with E-state index in [9.17, 15) is 4.39 Å². The molecule has 1 fully saturated rings. The zero-order valence-corrected chi connectivity index (χ0v) is 13.1. The smallest absolute Gasteiger partial charge is 0.123 e. The highest BCUT2D eigenvalue weighted by Gasteiger charge is 2.43. The summed E-state index contributed by atoms with van der Waals surface area (Å²) in [4.78, 5) is 2.34. The van der Waals surface area contributed by atoms with Gasteiger partial charge in [0.2, 0.25) is 0 Å². The molecule has 0 saturated heterocycles. The second-order valence-corrected chi connectivity index (χ2v) is 6.48. The van der Waals surface area contributed by atoms with E-state index >= 15 is 0 Å². The Bertz CT molecular complexity index is 446. The van der Waals surface area contributed by atoms with Gasteiger partial charge in [-0.1, -0.05) is 31.9 Å². The molecule has 0 amide bonds. The molecule has 0 spiro atoms. The van der Waals surface area contributed by atoms with Crippen molar-refractivity contribution in [3.63, 3.8) is 0 Å². The number of halogens is 1. The number of hydrogen-bond donors (Lipinski definition) is 1. The van der Waals surface area contributed by atoms with Crippen LogP contribution in [0.25, 0.3) is 0 Å². The zero-order chi connectivity index (χ0) is 14.8. The van der Waals surface area contributed by atoms with Gasteiger partial charge in [0.15, 0.2) is 0 Å². The van der Waals surface area contributed by atoms with Crippen LogP contribution in [-0.4, -0.2) is 31.6 Å². The van der Waals surface area contributed by atoms with Crippen LogP contribution in [0.2, 0.25) is 0 Å². The van der Waals surface area contributed by atoms with E-state index in [0.717, 1.165) is 24.3 Å². The fourth-order valence-corrected chi connectivity index (χ4v) is 3.92. The van der Waals surface area contributed by atoms with Crippen LogP contribution in [0.15, 0.2) is 24.3 Å². The quantitative estimate of drug-likeness (QED) is 0.905. The molecule has 3 atom stereocenters. The molecule has 0 radical (unpaired) electrons. The first kappa shape index (κ1) is 15.5. The van der Waals surface area contributed by atoms with E-state index in [2.05, 4.69) is 31.2 Å². The van der Waals surface area contributed by atoms with Crippen molar-refractivity contribution in [2.45, 2.75) is 44.2 Å². The number of rotatable bonds is 4. The van der Waals surface area contributed by atoms with Gasteiger partial charge in [-0.05, 0) is 57.6 Å². The van der Waals surface area contributed by atoms with E-state index in [1.165, 1.54) is 18.9 Å². The molecule has 2 rings (SSSR count). The van der Waals surface area contributed by atoms with Crippen LogP contribution in [-0.2, 0) is 0 Å². The Morgan fingerprint density at radius 3 is 2.70 bits per heavy atom. The third kappa shape index (κ3) is 2.89. The lowest BCUT2D eigenvalue weighted by atomic mass is 9.69. The monoisotopic (exact) mass is 278 g/mol. The summed E-state index contributed by atoms with van der Waals surface area (Å²) in [5.41, 5.74) is 1.12. The van der Waals surface area contributed by atoms with E-state index in [1.807, 2.05) is 19.2 Å². The van der Waals surface area contributed by atoms with Crippen molar-refractivity contribution in [3.05, 3.63) is 35.6 Å². The number of nitrogens with zero attached hydrogens (tertiary/aromatic N) is 1. The maximum absolute atomic E-state index is 13.6. The van der Waals surface area contributed by atoms with Gasteiger partial charge in [0.25, 0.3) is 0 Å². The standard InChI is InChI=1S/C17H27FN2/c1-13-7-6-10-17(12-13,20(3)4)16(19-2)14-8-5-9-15(18)11-14/h5,8-9,11,13,16,19H,6-7,10,12H2,1-4H3. The summed E-state index contributed by atoms with van der Waals surface area (Å²) < 4.78 is 13.6. The van der Waals surface area contributed by atoms with Crippen molar-refractivity contribution in [2.24, 2.45) is 5.92 Å². The average Bonchev–Trinajstić information content (AvgIpc) is 2.39. The highest BCUT2D eigenvalue weighted by Crippen LogP contribution is 2.43. The molecule has 3 heteroatoms. The van der Waals surface area contributed by atoms with Crippen molar-refractivity contribution in [2.75, 3.05) is 21.1 Å². The molecular weight excluding hydrogens is 251 g/mol. The van der Waals surface area contributed by atoms with Gasteiger partial charge in [-0.15, -0.1) is 0 Å². The molecule has 1 aromatic carbocycles. The van der Waals surface area contributed by atoms with Crippen LogP contribution in [0.1, 0.15) is 44.2 Å². The molecule has 0 aromatic heterocycles. The van der Waals surface area contributed by atoms with E-state index < -0.39 is 0 Å². The Kier molecular flexibility index (Phi) is 4.82. The van der Waals surface area contributed by atoms with Gasteiger partial charge < -0.3 is 10.2 Å². The minimum atomic E-state index is -0.152. The number of hydrogen-bond acceptors (Lipinski definition) is 2. The van der Waals surface area contributed by atoms with E-state index in [0.29, 0.717) is 0 Å². The van der Waals surface area contributed by atoms with Crippen molar-refractivity contribution in [3.8, 4) is 0 Å². The summed E-state index contributed by atoms with van der Waals surface area (Å²) >= 11 is 0. The predicted octanol–water partition coefficient (Wildman–Crippen LogP) is 3.60. The Morgan fingerprint density at radius 1 is 1.40 bits per heavy atom. The van der Waals surface area contributed by atoms with Gasteiger partial charge in [0.05, 0.1) is 6.04 Å². The van der Waals surface area contributed by atoms with E-state index in [-0.39, 0.29) is 17.4 Å². The van der Waals surface area contributed by atoms with Gasteiger partial charge >= 0.3 is 0 Å². The summed E-state index contributed by atoms with van der Waals surface area (Å²) in [7, 11) is 6.30. The molecule has 112 valence electrons. The third-order valence-corrected chi connectivity index (χ3v) is 4.91. The summed E-state index contributed by atoms with van der Waals surface area (Å²) in [6.07, 6.45) is 4.86. The average molecular weight is 278 g/mol. The molecule has 20 heavy (non-hydrogen) atoms. The van der Waals surface area contributed by atoms with Gasteiger partial charge in [-0.2, -0.15) is 0 Å². The Hall–Kier alpha value is -0.930. The number of nitrogens with one attached hydrogen (secondary N) is 1. The van der Waals surface area contributed by atoms with Crippen LogP contribution in [0.4, 0.5) is 4.39 Å². The lowest BCUT2D eigenvalue weighted by molar-refractivity contribution is 0.0392. The first-order valence-electron chi connectivity index (χ1n) is 7.60. The minimum Gasteiger partial charge on any atom is -0.311 e. The van der Waals surface area contributed by atoms with E-state index in [1.54, 1.807) is 6.07 Å². The lowest BCUT2D eigenvalue weighted by Crippen LogP contribution is -2.55. The van der Waals surface area contributed by atoms with Crippen LogP contribution in [0.5, 0.6) is 0 Å². The maximum Gasteiger partial charge on any atom is 0.123 e. The number of likely N-dealkylation sites (N-methyl/N-ethyl adjacent to an activating group) is 2. The molecule has 1 aliphatic carbocycles. The van der Waals surface area contributed by atoms with Gasteiger partial charge in [-0.3, -0.25) is 0 Å². The first-order valence-corrected chi connectivity index (χ1v) is 7.60. The molecule has 3 unspecified atom stereocenters. The fraction of sp³-hybridized carbons (Fsp3) is 0.647. The highest BCUT2D eigenvalue weighted by molar-refractivity contribution is 5.25. The summed E-state index contributed by atoms with van der Waals surface area (Å²) in [5.74, 6) is 0.566. The SMILES string of the molecule is CNC(c1cccc(F)c1)C1(N(C)C)CCCC(C)C1. The Labute approximate surface area is 122 Å². The summed E-state index contributed by atoms with van der Waals surface area (Å²) in [6.45, 7) is 2.33. The molecule has 0 bridgehead atoms. The maximum atomic E-state index is 13.6. The number of benzene rings is 1. The second-order valence-electron chi connectivity index (χ2n) is 6.48. The van der Waals surface area contributed by atoms with Crippen molar-refractivity contribution in [1.29, 1.82) is 0 Å². The largest absolute Gasteiger partial charge is 0.311 e. The highest BCUT2D eigenvalue weighted by atomic mass is 19.1. The molecule has 2 nitrogen and oxygen atoms in total. The molecular formula is C17H27FN2. The van der Waals surface area contributed by atoms with Gasteiger partial charge in [-0.25, -0.2) is 4.39 Å². The normalized spacial score (nSPS) is 28.6. The zero-order valence-electron chi connectivity index (χ0n) is 13.1. The third-order valence-electron chi connectivity index (χ3n) is 4.91. The molecule has 1 saturated carbocycles. The van der Waals surface area contributed by atoms with Crippen LogP contribution < -0.4 is 5.32 Å². The van der Waals surface area contributed by atoms with Gasteiger partial charge in [0.1, 0.15) is 5.82 Å². The lowest BCUT2D eigenvalue weighted by Gasteiger charge is -2.50. The first-order chi connectivity index (χ1) is 9.49. The summed E-state index contributed by atoms with van der Waals surface area (Å²) in [5, 5.41) is 3.45. The summed E-state index contributed by atoms with van der Waals surface area (Å²) in [6, 6.07) is 7.20. The predicted molar refractivity (Wildman–Crippen MR) is 82.3 cm³/mol. The molecule has 0 heterocycles. The molecule has 1 aliphatic rings. The minimum absolute atomic E-state index is 0.0697. The Balaban J connectivity index is 2.40. The van der Waals surface area contributed by atoms with E-state index in [4.69, 9.17) is 0 Å². The van der Waals surface area contributed by atoms with Crippen LogP contribution in [0, 0.1) is 11.7 Å². The fourth-order valence-electron chi connectivity index (χ4n) is 3.92. The molecule has 1 N–H and O–H groups in total. The molecule has 1 aromatic rings. The van der Waals surface area contributed by atoms with Crippen LogP contribution in [0.3, 0.4) is 0 Å². The van der Waals surface area contributed by atoms with Gasteiger partial charge in [0, 0.05) is 5.54 Å². The van der Waals surface area contributed by atoms with Crippen molar-refractivity contribution < 1.29 is 4.39 Å². The Morgan fingerprint density at radius 2 is 2.15 bits per heavy atom. The second kappa shape index (κ2) is 6.23. The van der Waals surface area contributed by atoms with Crippen LogP contribution >= 0.6 is 0 Å². The topological polar surface area (TPSA) is 15.3 Å². The van der Waals surface area contributed by atoms with Crippen molar-refractivity contribution in [1.82, 2.24) is 10.2 Å².